The van der Waals surface area contributed by atoms with Crippen LogP contribution in [-0.4, -0.2) is 58.4 Å². The van der Waals surface area contributed by atoms with Crippen LogP contribution >= 0.6 is 0 Å². The van der Waals surface area contributed by atoms with Crippen LogP contribution in [0.5, 0.6) is 5.88 Å². The summed E-state index contributed by atoms with van der Waals surface area (Å²) in [5.41, 5.74) is 7.67. The van der Waals surface area contributed by atoms with E-state index in [-0.39, 0.29) is 11.4 Å². The molecule has 1 fully saturated rings. The molecule has 0 radical (unpaired) electrons. The first-order valence-corrected chi connectivity index (χ1v) is 13.2. The van der Waals surface area contributed by atoms with Gasteiger partial charge in [0.05, 0.1) is 34.0 Å². The van der Waals surface area contributed by atoms with E-state index >= 15 is 0 Å². The van der Waals surface area contributed by atoms with Crippen LogP contribution in [0.1, 0.15) is 5.56 Å². The minimum Gasteiger partial charge on any atom is -0.476 e. The second-order valence-corrected chi connectivity index (χ2v) is 9.86. The van der Waals surface area contributed by atoms with Gasteiger partial charge in [0.25, 0.3) is 0 Å². The number of anilines is 1. The van der Waals surface area contributed by atoms with Gasteiger partial charge in [-0.3, -0.25) is 14.1 Å². The third-order valence-electron chi connectivity index (χ3n) is 7.32. The van der Waals surface area contributed by atoms with Crippen LogP contribution in [0.25, 0.3) is 38.8 Å². The predicted octanol–water partition coefficient (Wildman–Crippen LogP) is 3.71. The number of rotatable bonds is 6. The summed E-state index contributed by atoms with van der Waals surface area (Å²) in [6.07, 6.45) is -1.36. The van der Waals surface area contributed by atoms with Crippen molar-refractivity contribution < 1.29 is 17.9 Å². The molecule has 0 aliphatic carbocycles. The highest BCUT2D eigenvalue weighted by molar-refractivity contribution is 6.04. The quantitative estimate of drug-likeness (QED) is 0.325. The summed E-state index contributed by atoms with van der Waals surface area (Å²) in [6, 6.07) is 13.3. The van der Waals surface area contributed by atoms with Gasteiger partial charge < -0.3 is 20.7 Å². The van der Waals surface area contributed by atoms with Crippen molar-refractivity contribution in [3.63, 3.8) is 0 Å². The Hall–Kier alpha value is -4.42. The fraction of sp³-hybridized carbons (Fsp3) is 0.276. The van der Waals surface area contributed by atoms with E-state index in [1.54, 1.807) is 36.5 Å². The summed E-state index contributed by atoms with van der Waals surface area (Å²) in [6.45, 7) is 2.85. The molecular formula is C29H28F3N7O2. The van der Waals surface area contributed by atoms with Crippen molar-refractivity contribution >= 4 is 27.6 Å². The van der Waals surface area contributed by atoms with Gasteiger partial charge >= 0.3 is 11.9 Å². The molecule has 12 heteroatoms. The lowest BCUT2D eigenvalue weighted by molar-refractivity contribution is -0.137. The summed E-state index contributed by atoms with van der Waals surface area (Å²) < 4.78 is 51.2. The number of nitrogens with one attached hydrogen (secondary N) is 1. The molecule has 0 unspecified atom stereocenters. The Kier molecular flexibility index (Phi) is 6.88. The van der Waals surface area contributed by atoms with Crippen molar-refractivity contribution in [2.75, 3.05) is 44.2 Å². The fourth-order valence-electron chi connectivity index (χ4n) is 5.29. The monoisotopic (exact) mass is 563 g/mol. The van der Waals surface area contributed by atoms with Crippen molar-refractivity contribution in [2.24, 2.45) is 12.8 Å². The molecule has 3 aromatic heterocycles. The first-order valence-electron chi connectivity index (χ1n) is 13.2. The van der Waals surface area contributed by atoms with E-state index in [1.807, 2.05) is 24.3 Å². The molecule has 5 aromatic rings. The van der Waals surface area contributed by atoms with Crippen LogP contribution < -0.4 is 26.4 Å². The number of hydrogen-bond donors (Lipinski definition) is 2. The third kappa shape index (κ3) is 4.89. The standard InChI is InChI=1S/C29H28F3N7O2/c1-37-25-17-35-23-5-2-18(19-3-7-26(36-16-19)41-13-8-33)14-21(23)27(25)39(28(37)40)20-4-6-24(22(15-20)29(30,31)32)38-11-9-34-10-12-38/h2-7,14-17,34H,8-13,33H2,1H3. The summed E-state index contributed by atoms with van der Waals surface area (Å²) >= 11 is 0. The summed E-state index contributed by atoms with van der Waals surface area (Å²) in [7, 11) is 1.59. The average molecular weight is 564 g/mol. The largest absolute Gasteiger partial charge is 0.476 e. The molecule has 212 valence electrons. The number of nitrogens with zero attached hydrogens (tertiary/aromatic N) is 5. The van der Waals surface area contributed by atoms with Gasteiger partial charge in [-0.1, -0.05) is 6.07 Å². The lowest BCUT2D eigenvalue weighted by Gasteiger charge is -2.31. The van der Waals surface area contributed by atoms with Crippen LogP contribution in [0.3, 0.4) is 0 Å². The van der Waals surface area contributed by atoms with Gasteiger partial charge in [0.1, 0.15) is 6.61 Å². The van der Waals surface area contributed by atoms with E-state index in [0.29, 0.717) is 67.1 Å². The zero-order chi connectivity index (χ0) is 28.7. The van der Waals surface area contributed by atoms with Crippen molar-refractivity contribution in [3.8, 4) is 22.7 Å². The molecule has 1 aliphatic heterocycles. The molecule has 41 heavy (non-hydrogen) atoms. The molecular weight excluding hydrogens is 535 g/mol. The molecule has 6 rings (SSSR count). The molecule has 0 atom stereocenters. The van der Waals surface area contributed by atoms with Crippen molar-refractivity contribution in [1.29, 1.82) is 0 Å². The first-order chi connectivity index (χ1) is 19.8. The zero-order valence-corrected chi connectivity index (χ0v) is 22.3. The summed E-state index contributed by atoms with van der Waals surface area (Å²) in [5.74, 6) is 0.450. The van der Waals surface area contributed by atoms with E-state index in [9.17, 15) is 18.0 Å². The Morgan fingerprint density at radius 3 is 2.49 bits per heavy atom. The van der Waals surface area contributed by atoms with Gasteiger partial charge in [0, 0.05) is 68.7 Å². The number of ether oxygens (including phenoxy) is 1. The Bertz CT molecular complexity index is 1790. The number of alkyl halides is 3. The highest BCUT2D eigenvalue weighted by atomic mass is 19.4. The number of piperazine rings is 1. The summed E-state index contributed by atoms with van der Waals surface area (Å²) in [5, 5.41) is 3.79. The lowest BCUT2D eigenvalue weighted by atomic mass is 10.0. The maximum Gasteiger partial charge on any atom is 0.418 e. The minimum atomic E-state index is -4.60. The van der Waals surface area contributed by atoms with Crippen LogP contribution in [0.15, 0.2) is 65.7 Å². The molecule has 2 aromatic carbocycles. The number of fused-ring (bicyclic) bond motifs is 3. The van der Waals surface area contributed by atoms with Crippen LogP contribution in [-0.2, 0) is 13.2 Å². The number of aryl methyl sites for hydroxylation is 1. The second-order valence-electron chi connectivity index (χ2n) is 9.86. The van der Waals surface area contributed by atoms with Crippen molar-refractivity contribution in [3.05, 3.63) is 77.0 Å². The van der Waals surface area contributed by atoms with E-state index in [1.165, 1.54) is 15.2 Å². The SMILES string of the molecule is Cn1c(=O)n(-c2ccc(N3CCNCC3)c(C(F)(F)F)c2)c2c3cc(-c4ccc(OCCN)nc4)ccc3ncc21. The number of nitrogens with two attached hydrogens (primary N) is 1. The first kappa shape index (κ1) is 26.8. The van der Waals surface area contributed by atoms with Gasteiger partial charge in [-0.25, -0.2) is 9.78 Å². The van der Waals surface area contributed by atoms with E-state index in [4.69, 9.17) is 10.5 Å². The van der Waals surface area contributed by atoms with E-state index in [2.05, 4.69) is 15.3 Å². The van der Waals surface area contributed by atoms with Gasteiger partial charge in [0.15, 0.2) is 0 Å². The average Bonchev–Trinajstić information content (AvgIpc) is 3.25. The number of imidazole rings is 1. The predicted molar refractivity (Wildman–Crippen MR) is 152 cm³/mol. The number of aromatic nitrogens is 4. The Morgan fingerprint density at radius 1 is 1.00 bits per heavy atom. The molecule has 1 aliphatic rings. The summed E-state index contributed by atoms with van der Waals surface area (Å²) in [4.78, 5) is 24.1. The maximum atomic E-state index is 14.3. The number of pyridine rings is 2. The number of benzene rings is 2. The lowest BCUT2D eigenvalue weighted by Crippen LogP contribution is -2.44. The van der Waals surface area contributed by atoms with Gasteiger partial charge in [-0.15, -0.1) is 0 Å². The third-order valence-corrected chi connectivity index (χ3v) is 7.32. The van der Waals surface area contributed by atoms with Crippen LogP contribution in [0, 0.1) is 0 Å². The number of halogens is 3. The normalized spacial score (nSPS) is 14.2. The van der Waals surface area contributed by atoms with E-state index in [0.717, 1.165) is 17.2 Å². The molecule has 1 saturated heterocycles. The highest BCUT2D eigenvalue weighted by Crippen LogP contribution is 2.39. The molecule has 0 spiro atoms. The number of hydrogen-bond acceptors (Lipinski definition) is 7. The van der Waals surface area contributed by atoms with Crippen molar-refractivity contribution in [2.45, 2.75) is 6.18 Å². The molecule has 0 bridgehead atoms. The molecule has 3 N–H and O–H groups in total. The fourth-order valence-corrected chi connectivity index (χ4v) is 5.29. The Labute approximate surface area is 233 Å². The van der Waals surface area contributed by atoms with E-state index < -0.39 is 17.4 Å². The van der Waals surface area contributed by atoms with Crippen LogP contribution in [0.2, 0.25) is 0 Å². The molecule has 9 nitrogen and oxygen atoms in total. The smallest absolute Gasteiger partial charge is 0.418 e. The highest BCUT2D eigenvalue weighted by Gasteiger charge is 2.36. The Morgan fingerprint density at radius 2 is 1.78 bits per heavy atom. The molecule has 4 heterocycles. The topological polar surface area (TPSA) is 103 Å². The van der Waals surface area contributed by atoms with Gasteiger partial charge in [-0.05, 0) is 42.0 Å². The minimum absolute atomic E-state index is 0.108. The molecule has 0 saturated carbocycles. The zero-order valence-electron chi connectivity index (χ0n) is 22.3. The second kappa shape index (κ2) is 10.5. The van der Waals surface area contributed by atoms with Crippen LogP contribution in [0.4, 0.5) is 18.9 Å². The Balaban J connectivity index is 1.52. The van der Waals surface area contributed by atoms with Gasteiger partial charge in [0.2, 0.25) is 5.88 Å². The maximum absolute atomic E-state index is 14.3. The van der Waals surface area contributed by atoms with Gasteiger partial charge in [-0.2, -0.15) is 13.2 Å². The molecule has 0 amide bonds. The van der Waals surface area contributed by atoms with Crippen molar-refractivity contribution in [1.82, 2.24) is 24.4 Å².